The summed E-state index contributed by atoms with van der Waals surface area (Å²) in [6, 6.07) is 0. The van der Waals surface area contributed by atoms with Gasteiger partial charge in [-0.3, -0.25) is 4.79 Å². The van der Waals surface area contributed by atoms with Crippen LogP contribution in [0.2, 0.25) is 0 Å². The van der Waals surface area contributed by atoms with Crippen LogP contribution in [0.4, 0.5) is 0 Å². The van der Waals surface area contributed by atoms with Crippen molar-refractivity contribution in [2.45, 2.75) is 127 Å². The molecule has 0 bridgehead atoms. The summed E-state index contributed by atoms with van der Waals surface area (Å²) in [5.74, 6) is -3.91. The van der Waals surface area contributed by atoms with Crippen molar-refractivity contribution in [3.8, 4) is 0 Å². The molecular formula is C30H48O9. The molecule has 13 atom stereocenters. The topological polar surface area (TPSA) is 157 Å². The molecule has 1 heterocycles. The van der Waals surface area contributed by atoms with Crippen molar-refractivity contribution in [1.82, 2.24) is 0 Å². The smallest absolute Gasteiger partial charge is 0.200 e. The Balaban J connectivity index is 1.52. The summed E-state index contributed by atoms with van der Waals surface area (Å²) in [4.78, 5) is 13.4. The molecule has 5 aliphatic rings. The molecule has 6 N–H and O–H groups in total. The minimum atomic E-state index is -2.14. The number of methoxy groups -OCH3 is 1. The molecule has 39 heavy (non-hydrogen) atoms. The molecule has 0 spiro atoms. The standard InChI is InChI=1S/C30H48O9/c1-7-28(35)15-30(37,39-24(38-6)16(28)2)27(5,34)23-9-11-29(36)18-12-20(31)19-13-21(32)22(33)14-25(19,3)17(18)8-10-26(23,29)4/h12,16-17,19,21-24,32-37H,7-11,13-15H2,1-6H3/t16-,17+,19+,21-,22+,23+,24+,25-,26-,27-,28-,29-,30-/m1/s1. The summed E-state index contributed by atoms with van der Waals surface area (Å²) >= 11 is 0. The molecule has 9 nitrogen and oxygen atoms in total. The van der Waals surface area contributed by atoms with E-state index in [-0.39, 0.29) is 31.0 Å². The maximum absolute atomic E-state index is 13.4. The predicted molar refractivity (Wildman–Crippen MR) is 141 cm³/mol. The number of aliphatic hydroxyl groups excluding tert-OH is 2. The first kappa shape index (κ1) is 29.6. The van der Waals surface area contributed by atoms with Crippen LogP contribution in [0, 0.1) is 34.5 Å². The highest BCUT2D eigenvalue weighted by molar-refractivity contribution is 5.95. The summed E-state index contributed by atoms with van der Waals surface area (Å²) < 4.78 is 11.5. The molecule has 1 saturated heterocycles. The zero-order valence-corrected chi connectivity index (χ0v) is 24.2. The van der Waals surface area contributed by atoms with E-state index in [1.54, 1.807) is 13.0 Å². The monoisotopic (exact) mass is 552 g/mol. The van der Waals surface area contributed by atoms with Gasteiger partial charge in [-0.15, -0.1) is 0 Å². The van der Waals surface area contributed by atoms with Gasteiger partial charge < -0.3 is 40.1 Å². The summed E-state index contributed by atoms with van der Waals surface area (Å²) in [5, 5.41) is 68.9. The van der Waals surface area contributed by atoms with Crippen LogP contribution < -0.4 is 0 Å². The van der Waals surface area contributed by atoms with Crippen molar-refractivity contribution in [2.75, 3.05) is 7.11 Å². The number of aliphatic hydroxyl groups is 6. The van der Waals surface area contributed by atoms with Crippen molar-refractivity contribution in [3.63, 3.8) is 0 Å². The van der Waals surface area contributed by atoms with Crippen molar-refractivity contribution in [3.05, 3.63) is 11.6 Å². The quantitative estimate of drug-likeness (QED) is 0.306. The van der Waals surface area contributed by atoms with E-state index in [1.807, 2.05) is 20.8 Å². The Labute approximate surface area is 231 Å². The number of allylic oxidation sites excluding steroid dienone is 1. The van der Waals surface area contributed by atoms with E-state index in [9.17, 15) is 35.4 Å². The van der Waals surface area contributed by atoms with Gasteiger partial charge in [0.15, 0.2) is 17.9 Å². The van der Waals surface area contributed by atoms with Gasteiger partial charge >= 0.3 is 0 Å². The number of carbonyl (C=O) groups is 1. The lowest BCUT2D eigenvalue weighted by molar-refractivity contribution is -0.414. The minimum Gasteiger partial charge on any atom is -0.390 e. The lowest BCUT2D eigenvalue weighted by Gasteiger charge is -2.62. The second kappa shape index (κ2) is 9.04. The summed E-state index contributed by atoms with van der Waals surface area (Å²) in [7, 11) is 1.44. The third kappa shape index (κ3) is 3.77. The van der Waals surface area contributed by atoms with Crippen LogP contribution in [0.15, 0.2) is 11.6 Å². The molecule has 5 rings (SSSR count). The normalized spacial score (nSPS) is 55.2. The molecule has 9 heteroatoms. The average Bonchev–Trinajstić information content (AvgIpc) is 3.15. The zero-order chi connectivity index (χ0) is 29.0. The first-order chi connectivity index (χ1) is 17.9. The van der Waals surface area contributed by atoms with E-state index >= 15 is 0 Å². The number of rotatable bonds is 4. The fourth-order valence-electron chi connectivity index (χ4n) is 9.71. The van der Waals surface area contributed by atoms with Gasteiger partial charge in [-0.25, -0.2) is 0 Å². The molecule has 0 aromatic rings. The van der Waals surface area contributed by atoms with Crippen LogP contribution >= 0.6 is 0 Å². The largest absolute Gasteiger partial charge is 0.390 e. The van der Waals surface area contributed by atoms with Crippen LogP contribution in [0.3, 0.4) is 0 Å². The van der Waals surface area contributed by atoms with E-state index in [0.717, 1.165) is 0 Å². The number of hydrogen-bond acceptors (Lipinski definition) is 9. The fourth-order valence-corrected chi connectivity index (χ4v) is 9.71. The van der Waals surface area contributed by atoms with Crippen molar-refractivity contribution < 1.29 is 44.9 Å². The molecule has 0 amide bonds. The van der Waals surface area contributed by atoms with Gasteiger partial charge in [-0.2, -0.15) is 0 Å². The van der Waals surface area contributed by atoms with Crippen molar-refractivity contribution >= 4 is 5.78 Å². The van der Waals surface area contributed by atoms with E-state index in [1.165, 1.54) is 14.0 Å². The van der Waals surface area contributed by atoms with Gasteiger partial charge in [-0.1, -0.05) is 27.7 Å². The van der Waals surface area contributed by atoms with Crippen LogP contribution in [0.25, 0.3) is 0 Å². The highest BCUT2D eigenvalue weighted by Crippen LogP contribution is 2.69. The van der Waals surface area contributed by atoms with E-state index < -0.39 is 69.7 Å². The Bertz CT molecular complexity index is 1040. The van der Waals surface area contributed by atoms with Gasteiger partial charge in [0.2, 0.25) is 0 Å². The second-order valence-corrected chi connectivity index (χ2v) is 14.2. The van der Waals surface area contributed by atoms with Gasteiger partial charge in [0.1, 0.15) is 5.60 Å². The zero-order valence-electron chi connectivity index (χ0n) is 24.2. The molecule has 0 radical (unpaired) electrons. The van der Waals surface area contributed by atoms with Gasteiger partial charge in [0.05, 0.1) is 23.4 Å². The molecule has 4 aliphatic carbocycles. The Hall–Kier alpha value is -0.910. The molecule has 222 valence electrons. The first-order valence-corrected chi connectivity index (χ1v) is 14.7. The summed E-state index contributed by atoms with van der Waals surface area (Å²) in [6.45, 7) is 9.05. The Morgan fingerprint density at radius 1 is 1.10 bits per heavy atom. The highest BCUT2D eigenvalue weighted by atomic mass is 16.7. The van der Waals surface area contributed by atoms with Gasteiger partial charge in [-0.05, 0) is 74.9 Å². The number of ketones is 1. The predicted octanol–water partition coefficient (Wildman–Crippen LogP) is 1.80. The molecule has 0 aromatic heterocycles. The maximum Gasteiger partial charge on any atom is 0.200 e. The summed E-state index contributed by atoms with van der Waals surface area (Å²) in [6.07, 6.45) is 1.20. The van der Waals surface area contributed by atoms with Crippen LogP contribution in [-0.4, -0.2) is 84.6 Å². The number of fused-ring (bicyclic) bond motifs is 5. The van der Waals surface area contributed by atoms with Crippen LogP contribution in [0.5, 0.6) is 0 Å². The van der Waals surface area contributed by atoms with E-state index in [2.05, 4.69) is 0 Å². The van der Waals surface area contributed by atoms with E-state index in [4.69, 9.17) is 9.47 Å². The Kier molecular flexibility index (Phi) is 6.86. The lowest BCUT2D eigenvalue weighted by Crippen LogP contribution is -2.70. The molecule has 1 aliphatic heterocycles. The fraction of sp³-hybridized carbons (Fsp3) is 0.900. The van der Waals surface area contributed by atoms with Crippen molar-refractivity contribution in [1.29, 1.82) is 0 Å². The molecular weight excluding hydrogens is 504 g/mol. The van der Waals surface area contributed by atoms with Gasteiger partial charge in [0.25, 0.3) is 0 Å². The first-order valence-electron chi connectivity index (χ1n) is 14.7. The number of carbonyl (C=O) groups excluding carboxylic acids is 1. The van der Waals surface area contributed by atoms with Gasteiger partial charge in [0, 0.05) is 36.7 Å². The minimum absolute atomic E-state index is 0.137. The highest BCUT2D eigenvalue weighted by Gasteiger charge is 2.72. The van der Waals surface area contributed by atoms with Crippen molar-refractivity contribution in [2.24, 2.45) is 34.5 Å². The van der Waals surface area contributed by atoms with Crippen LogP contribution in [-0.2, 0) is 14.3 Å². The maximum atomic E-state index is 13.4. The number of ether oxygens (including phenoxy) is 2. The lowest BCUT2D eigenvalue weighted by atomic mass is 9.45. The molecule has 3 saturated carbocycles. The number of hydrogen-bond donors (Lipinski definition) is 6. The third-order valence-corrected chi connectivity index (χ3v) is 12.5. The van der Waals surface area contributed by atoms with E-state index in [0.29, 0.717) is 37.7 Å². The SMILES string of the molecule is CC[C@@]1(O)C[C@](O)([C@](C)(O)[C@H]2CC[C@@]3(O)C4=CC(=O)[C@@H]5C[C@@H](O)[C@@H](O)C[C@]5(C)[C@H]4CC[C@]23C)O[C@H](OC)[C@H]1C. The Morgan fingerprint density at radius 2 is 1.77 bits per heavy atom. The summed E-state index contributed by atoms with van der Waals surface area (Å²) in [5.41, 5.74) is -5.46. The molecule has 0 aromatic carbocycles. The average molecular weight is 553 g/mol. The third-order valence-electron chi connectivity index (χ3n) is 12.5. The van der Waals surface area contributed by atoms with Crippen LogP contribution in [0.1, 0.15) is 86.0 Å². The molecule has 4 fully saturated rings. The Morgan fingerprint density at radius 3 is 2.38 bits per heavy atom. The molecule has 0 unspecified atom stereocenters. The second-order valence-electron chi connectivity index (χ2n) is 14.2.